The Morgan fingerprint density at radius 2 is 1.60 bits per heavy atom. The highest BCUT2D eigenvalue weighted by molar-refractivity contribution is 9.09. The largest absolute Gasteiger partial charge is 0.457 e. The number of halogens is 2. The lowest BCUT2D eigenvalue weighted by Crippen LogP contribution is -2.04. The van der Waals surface area contributed by atoms with Crippen LogP contribution in [-0.2, 0) is 0 Å². The number of ether oxygens (including phenoxy) is 1. The number of carbonyl (C=O) groups excluding carboxylic acids is 1. The highest BCUT2D eigenvalue weighted by Gasteiger charge is 2.10. The molecule has 5 heteroatoms. The van der Waals surface area contributed by atoms with Crippen molar-refractivity contribution in [2.24, 2.45) is 0 Å². The van der Waals surface area contributed by atoms with Gasteiger partial charge in [0, 0.05) is 16.8 Å². The van der Waals surface area contributed by atoms with E-state index in [1.165, 1.54) is 12.1 Å². The number of benzene rings is 2. The number of ketones is 1. The Labute approximate surface area is 153 Å². The average molecular weight is 400 g/mol. The van der Waals surface area contributed by atoms with Crippen molar-refractivity contribution in [1.29, 1.82) is 0 Å². The number of aromatic nitrogens is 1. The minimum Gasteiger partial charge on any atom is -0.457 e. The molecule has 0 atom stereocenters. The first-order valence-electron chi connectivity index (χ1n) is 7.67. The van der Waals surface area contributed by atoms with E-state index < -0.39 is 0 Å². The molecule has 1 aromatic heterocycles. The fourth-order valence-electron chi connectivity index (χ4n) is 2.42. The van der Waals surface area contributed by atoms with Gasteiger partial charge >= 0.3 is 0 Å². The van der Waals surface area contributed by atoms with E-state index in [4.69, 9.17) is 4.74 Å². The molecule has 3 rings (SSSR count). The number of nitrogens with zero attached hydrogens (tertiary/aromatic N) is 1. The first kappa shape index (κ1) is 17.3. The summed E-state index contributed by atoms with van der Waals surface area (Å²) in [5.74, 6) is 0.935. The van der Waals surface area contributed by atoms with Crippen molar-refractivity contribution in [1.82, 2.24) is 4.98 Å². The standard InChI is InChI=1S/C20H15BrFNO2/c1-13-18(20(24)12-21)10-11-19(23-13)14-2-6-16(7-3-14)25-17-8-4-15(22)5-9-17/h2-11H,12H2,1H3. The van der Waals surface area contributed by atoms with Crippen molar-refractivity contribution in [3.63, 3.8) is 0 Å². The van der Waals surface area contributed by atoms with E-state index in [0.717, 1.165) is 11.3 Å². The van der Waals surface area contributed by atoms with E-state index in [-0.39, 0.29) is 16.9 Å². The average Bonchev–Trinajstić information content (AvgIpc) is 2.63. The Morgan fingerprint density at radius 1 is 1.00 bits per heavy atom. The third-order valence-electron chi connectivity index (χ3n) is 3.71. The number of pyridine rings is 1. The summed E-state index contributed by atoms with van der Waals surface area (Å²) in [4.78, 5) is 16.3. The van der Waals surface area contributed by atoms with Gasteiger partial charge in [-0.15, -0.1) is 0 Å². The van der Waals surface area contributed by atoms with E-state index in [1.807, 2.05) is 37.3 Å². The topological polar surface area (TPSA) is 39.2 Å². The summed E-state index contributed by atoms with van der Waals surface area (Å²) in [6, 6.07) is 16.9. The number of Topliss-reactive ketones (excluding diaryl/α,β-unsaturated/α-hetero) is 1. The second-order valence-electron chi connectivity index (χ2n) is 5.47. The molecule has 0 saturated heterocycles. The molecule has 25 heavy (non-hydrogen) atoms. The summed E-state index contributed by atoms with van der Waals surface area (Å²) in [5.41, 5.74) is 3.04. The molecule has 0 aliphatic rings. The predicted octanol–water partition coefficient (Wildman–Crippen LogP) is 5.57. The fourth-order valence-corrected chi connectivity index (χ4v) is 2.72. The van der Waals surface area contributed by atoms with Crippen LogP contribution in [0.15, 0.2) is 60.7 Å². The number of rotatable bonds is 5. The Morgan fingerprint density at radius 3 is 2.16 bits per heavy atom. The van der Waals surface area contributed by atoms with Crippen LogP contribution in [0.25, 0.3) is 11.3 Å². The molecule has 0 fully saturated rings. The van der Waals surface area contributed by atoms with Gasteiger partial charge in [0.2, 0.25) is 0 Å². The van der Waals surface area contributed by atoms with E-state index in [1.54, 1.807) is 18.2 Å². The van der Waals surface area contributed by atoms with Gasteiger partial charge < -0.3 is 4.74 Å². The van der Waals surface area contributed by atoms with Gasteiger partial charge in [-0.3, -0.25) is 9.78 Å². The summed E-state index contributed by atoms with van der Waals surface area (Å²) >= 11 is 3.18. The number of aryl methyl sites for hydroxylation is 1. The van der Waals surface area contributed by atoms with Gasteiger partial charge in [-0.05, 0) is 67.6 Å². The first-order valence-corrected chi connectivity index (χ1v) is 8.79. The van der Waals surface area contributed by atoms with E-state index in [0.29, 0.717) is 22.8 Å². The third-order valence-corrected chi connectivity index (χ3v) is 4.22. The van der Waals surface area contributed by atoms with E-state index >= 15 is 0 Å². The molecule has 0 spiro atoms. The van der Waals surface area contributed by atoms with Crippen LogP contribution in [0, 0.1) is 12.7 Å². The van der Waals surface area contributed by atoms with Gasteiger partial charge in [0.25, 0.3) is 0 Å². The molecule has 0 saturated carbocycles. The van der Waals surface area contributed by atoms with Crippen LogP contribution >= 0.6 is 15.9 Å². The van der Waals surface area contributed by atoms with Crippen molar-refractivity contribution < 1.29 is 13.9 Å². The molecular weight excluding hydrogens is 385 g/mol. The number of hydrogen-bond donors (Lipinski definition) is 0. The van der Waals surface area contributed by atoms with Gasteiger partial charge in [-0.2, -0.15) is 0 Å². The summed E-state index contributed by atoms with van der Waals surface area (Å²) in [5, 5.41) is 0.282. The second-order valence-corrected chi connectivity index (χ2v) is 6.03. The van der Waals surface area contributed by atoms with Crippen LogP contribution < -0.4 is 4.74 Å². The lowest BCUT2D eigenvalue weighted by molar-refractivity contribution is 0.102. The van der Waals surface area contributed by atoms with Crippen LogP contribution in [0.5, 0.6) is 11.5 Å². The van der Waals surface area contributed by atoms with Crippen LogP contribution in [0.3, 0.4) is 0 Å². The van der Waals surface area contributed by atoms with Gasteiger partial charge in [-0.25, -0.2) is 4.39 Å². The Hall–Kier alpha value is -2.53. The number of hydrogen-bond acceptors (Lipinski definition) is 3. The molecule has 126 valence electrons. The highest BCUT2D eigenvalue weighted by atomic mass is 79.9. The van der Waals surface area contributed by atoms with Gasteiger partial charge in [0.05, 0.1) is 11.0 Å². The van der Waals surface area contributed by atoms with Gasteiger partial charge in [0.15, 0.2) is 5.78 Å². The second kappa shape index (κ2) is 7.57. The smallest absolute Gasteiger partial charge is 0.175 e. The molecule has 3 nitrogen and oxygen atoms in total. The fraction of sp³-hybridized carbons (Fsp3) is 0.100. The van der Waals surface area contributed by atoms with E-state index in [2.05, 4.69) is 20.9 Å². The van der Waals surface area contributed by atoms with Crippen LogP contribution in [0.4, 0.5) is 4.39 Å². The molecule has 2 aromatic carbocycles. The molecular formula is C20H15BrFNO2. The van der Waals surface area contributed by atoms with Crippen molar-refractivity contribution in [2.75, 3.05) is 5.33 Å². The lowest BCUT2D eigenvalue weighted by atomic mass is 10.1. The summed E-state index contributed by atoms with van der Waals surface area (Å²) in [6.07, 6.45) is 0. The Kier molecular flexibility index (Phi) is 5.24. The van der Waals surface area contributed by atoms with Crippen LogP contribution in [0.1, 0.15) is 16.1 Å². The van der Waals surface area contributed by atoms with Crippen molar-refractivity contribution in [3.8, 4) is 22.8 Å². The summed E-state index contributed by atoms with van der Waals surface area (Å²) < 4.78 is 18.6. The summed E-state index contributed by atoms with van der Waals surface area (Å²) in [6.45, 7) is 1.82. The first-order chi connectivity index (χ1) is 12.1. The molecule has 3 aromatic rings. The molecule has 1 heterocycles. The SMILES string of the molecule is Cc1nc(-c2ccc(Oc3ccc(F)cc3)cc2)ccc1C(=O)CBr. The maximum atomic E-state index is 12.9. The zero-order valence-electron chi connectivity index (χ0n) is 13.5. The van der Waals surface area contributed by atoms with Crippen molar-refractivity contribution in [2.45, 2.75) is 6.92 Å². The maximum Gasteiger partial charge on any atom is 0.175 e. The van der Waals surface area contributed by atoms with Crippen molar-refractivity contribution >= 4 is 21.7 Å². The molecule has 0 aliphatic carbocycles. The molecule has 0 N–H and O–H groups in total. The highest BCUT2D eigenvalue weighted by Crippen LogP contribution is 2.26. The lowest BCUT2D eigenvalue weighted by Gasteiger charge is -2.08. The molecule has 0 amide bonds. The van der Waals surface area contributed by atoms with Gasteiger partial charge in [0.1, 0.15) is 17.3 Å². The van der Waals surface area contributed by atoms with Crippen LogP contribution in [-0.4, -0.2) is 16.1 Å². The Bertz CT molecular complexity index is 893. The maximum absolute atomic E-state index is 12.9. The third kappa shape index (κ3) is 4.12. The predicted molar refractivity (Wildman–Crippen MR) is 99.0 cm³/mol. The number of carbonyl (C=O) groups is 1. The molecule has 0 unspecified atom stereocenters. The number of alkyl halides is 1. The summed E-state index contributed by atoms with van der Waals surface area (Å²) in [7, 11) is 0. The quantitative estimate of drug-likeness (QED) is 0.416. The zero-order chi connectivity index (χ0) is 17.8. The zero-order valence-corrected chi connectivity index (χ0v) is 15.1. The molecule has 0 bridgehead atoms. The minimum atomic E-state index is -0.300. The normalized spacial score (nSPS) is 10.5. The van der Waals surface area contributed by atoms with E-state index in [9.17, 15) is 9.18 Å². The van der Waals surface area contributed by atoms with Gasteiger partial charge in [-0.1, -0.05) is 15.9 Å². The molecule has 0 radical (unpaired) electrons. The molecule has 0 aliphatic heterocycles. The minimum absolute atomic E-state index is 0.0135. The van der Waals surface area contributed by atoms with Crippen LogP contribution in [0.2, 0.25) is 0 Å². The monoisotopic (exact) mass is 399 g/mol. The van der Waals surface area contributed by atoms with Crippen molar-refractivity contribution in [3.05, 3.63) is 77.7 Å². The Balaban J connectivity index is 1.79.